The molecule has 0 spiro atoms. The molecule has 1 amide bonds. The minimum Gasteiger partial charge on any atom is -0.384 e. The van der Waals surface area contributed by atoms with Crippen LogP contribution < -0.4 is 5.32 Å². The molecule has 3 aromatic rings. The number of pyridine rings is 1. The zero-order valence-corrected chi connectivity index (χ0v) is 17.1. The molecule has 1 atom stereocenters. The second-order valence-corrected chi connectivity index (χ2v) is 8.90. The molecule has 0 aliphatic heterocycles. The van der Waals surface area contributed by atoms with Crippen LogP contribution >= 0.6 is 11.3 Å². The van der Waals surface area contributed by atoms with Gasteiger partial charge in [0.1, 0.15) is 16.8 Å². The molecule has 0 saturated carbocycles. The molecule has 0 aliphatic carbocycles. The van der Waals surface area contributed by atoms with E-state index in [4.69, 9.17) is 0 Å². The molecule has 0 aliphatic rings. The number of aromatic nitrogens is 3. The summed E-state index contributed by atoms with van der Waals surface area (Å²) in [6.45, 7) is 6.84. The lowest BCUT2D eigenvalue weighted by Gasteiger charge is -2.25. The molecule has 1 unspecified atom stereocenters. The van der Waals surface area contributed by atoms with E-state index in [1.165, 1.54) is 28.9 Å². The van der Waals surface area contributed by atoms with E-state index in [0.717, 1.165) is 6.07 Å². The lowest BCUT2D eigenvalue weighted by atomic mass is 10.00. The van der Waals surface area contributed by atoms with E-state index >= 15 is 0 Å². The van der Waals surface area contributed by atoms with E-state index < -0.39 is 28.9 Å². The molecule has 0 radical (unpaired) electrons. The third-order valence-electron chi connectivity index (χ3n) is 4.27. The van der Waals surface area contributed by atoms with Gasteiger partial charge in [0.15, 0.2) is 5.65 Å². The van der Waals surface area contributed by atoms with Gasteiger partial charge in [0.2, 0.25) is 11.9 Å². The zero-order chi connectivity index (χ0) is 21.6. The molecule has 3 aromatic heterocycles. The lowest BCUT2D eigenvalue weighted by Crippen LogP contribution is -2.30. The molecule has 0 saturated heterocycles. The number of halogens is 3. The quantitative estimate of drug-likeness (QED) is 0.644. The second-order valence-electron chi connectivity index (χ2n) is 7.95. The molecule has 29 heavy (non-hydrogen) atoms. The van der Waals surface area contributed by atoms with Crippen molar-refractivity contribution >= 4 is 34.4 Å². The fraction of sp³-hybridized carbons (Fsp3) is 0.421. The number of hydrogen-bond acceptors (Lipinski definition) is 5. The van der Waals surface area contributed by atoms with Crippen molar-refractivity contribution in [3.8, 4) is 0 Å². The Hall–Kier alpha value is -2.46. The number of alkyl halides is 3. The molecule has 0 bridgehead atoms. The predicted molar refractivity (Wildman–Crippen MR) is 105 cm³/mol. The van der Waals surface area contributed by atoms with E-state index in [1.807, 2.05) is 0 Å². The minimum absolute atomic E-state index is 0.0210. The maximum Gasteiger partial charge on any atom is 0.433 e. The van der Waals surface area contributed by atoms with Gasteiger partial charge in [0, 0.05) is 10.4 Å². The van der Waals surface area contributed by atoms with Gasteiger partial charge in [0.05, 0.1) is 6.42 Å². The van der Waals surface area contributed by atoms with Crippen molar-refractivity contribution in [2.45, 2.75) is 51.4 Å². The number of aliphatic hydroxyl groups is 1. The summed E-state index contributed by atoms with van der Waals surface area (Å²) in [5, 5.41) is 15.0. The summed E-state index contributed by atoms with van der Waals surface area (Å²) in [5.41, 5.74) is -2.86. The third-order valence-corrected chi connectivity index (χ3v) is 5.40. The first-order valence-corrected chi connectivity index (χ1v) is 9.70. The average molecular weight is 426 g/mol. The van der Waals surface area contributed by atoms with Crippen LogP contribution in [-0.2, 0) is 22.1 Å². The molecule has 0 fully saturated rings. The number of imidazole rings is 1. The van der Waals surface area contributed by atoms with E-state index in [-0.39, 0.29) is 23.5 Å². The van der Waals surface area contributed by atoms with Crippen LogP contribution in [0, 0.1) is 0 Å². The Balaban J connectivity index is 1.97. The molecule has 0 aromatic carbocycles. The molecule has 10 heteroatoms. The van der Waals surface area contributed by atoms with Crippen molar-refractivity contribution in [1.29, 1.82) is 0 Å². The van der Waals surface area contributed by atoms with Crippen molar-refractivity contribution in [1.82, 2.24) is 14.5 Å². The largest absolute Gasteiger partial charge is 0.433 e. The van der Waals surface area contributed by atoms with Gasteiger partial charge in [-0.3, -0.25) is 14.7 Å². The van der Waals surface area contributed by atoms with Gasteiger partial charge >= 0.3 is 6.18 Å². The van der Waals surface area contributed by atoms with E-state index in [2.05, 4.69) is 15.3 Å². The van der Waals surface area contributed by atoms with Gasteiger partial charge in [-0.1, -0.05) is 6.07 Å². The van der Waals surface area contributed by atoms with Crippen LogP contribution in [0.2, 0.25) is 0 Å². The van der Waals surface area contributed by atoms with E-state index in [1.54, 1.807) is 38.3 Å². The summed E-state index contributed by atoms with van der Waals surface area (Å²) in [7, 11) is 0. The van der Waals surface area contributed by atoms with Crippen LogP contribution in [0.3, 0.4) is 0 Å². The number of hydrogen-bond donors (Lipinski definition) is 2. The fourth-order valence-corrected chi connectivity index (χ4v) is 3.78. The number of nitrogens with zero attached hydrogens (tertiary/aromatic N) is 3. The predicted octanol–water partition coefficient (Wildman–Crippen LogP) is 4.50. The van der Waals surface area contributed by atoms with Crippen LogP contribution in [0.1, 0.15) is 44.7 Å². The SMILES string of the molecule is CC(O)(CC(=O)Nc1nc2ccc(C(F)(F)F)nc2n1C(C)(C)C)c1cccs1. The van der Waals surface area contributed by atoms with Crippen molar-refractivity contribution in [3.05, 3.63) is 40.2 Å². The second kappa shape index (κ2) is 7.10. The normalized spacial score (nSPS) is 14.8. The summed E-state index contributed by atoms with van der Waals surface area (Å²) in [6.07, 6.45) is -4.83. The number of rotatable bonds is 4. The summed E-state index contributed by atoms with van der Waals surface area (Å²) in [5.74, 6) is -0.438. The average Bonchev–Trinajstić information content (AvgIpc) is 3.19. The Morgan fingerprint density at radius 2 is 1.86 bits per heavy atom. The Labute approximate surface area is 169 Å². The highest BCUT2D eigenvalue weighted by molar-refractivity contribution is 7.10. The standard InChI is InChI=1S/C19H21F3N4O2S/c1-17(2,3)26-15-11(7-8-12(24-15)19(20,21)22)23-16(26)25-14(27)10-18(4,28)13-6-5-9-29-13/h5-9,28H,10H2,1-4H3,(H,23,25,27). The monoisotopic (exact) mass is 426 g/mol. The number of nitrogens with one attached hydrogen (secondary N) is 1. The van der Waals surface area contributed by atoms with Gasteiger partial charge in [-0.25, -0.2) is 9.97 Å². The molecular weight excluding hydrogens is 405 g/mol. The van der Waals surface area contributed by atoms with Crippen molar-refractivity contribution in [2.24, 2.45) is 0 Å². The van der Waals surface area contributed by atoms with E-state index in [0.29, 0.717) is 4.88 Å². The van der Waals surface area contributed by atoms with Gasteiger partial charge in [-0.2, -0.15) is 13.2 Å². The number of amides is 1. The van der Waals surface area contributed by atoms with Crippen molar-refractivity contribution in [2.75, 3.05) is 5.32 Å². The highest BCUT2D eigenvalue weighted by atomic mass is 32.1. The summed E-state index contributed by atoms with van der Waals surface area (Å²) >= 11 is 1.33. The molecular formula is C19H21F3N4O2S. The van der Waals surface area contributed by atoms with Gasteiger partial charge in [-0.05, 0) is 51.3 Å². The fourth-order valence-electron chi connectivity index (χ4n) is 2.99. The van der Waals surface area contributed by atoms with Crippen LogP contribution in [0.25, 0.3) is 11.2 Å². The molecule has 3 heterocycles. The first kappa shape index (κ1) is 21.3. The summed E-state index contributed by atoms with van der Waals surface area (Å²) in [6, 6.07) is 5.58. The van der Waals surface area contributed by atoms with Gasteiger partial charge < -0.3 is 5.11 Å². The number of fused-ring (bicyclic) bond motifs is 1. The Kier molecular flexibility index (Phi) is 5.20. The number of carbonyl (C=O) groups excluding carboxylic acids is 1. The number of thiophene rings is 1. The highest BCUT2D eigenvalue weighted by Gasteiger charge is 2.34. The molecule has 156 valence electrons. The van der Waals surface area contributed by atoms with Gasteiger partial charge in [0.25, 0.3) is 0 Å². The zero-order valence-electron chi connectivity index (χ0n) is 16.3. The van der Waals surface area contributed by atoms with Crippen LogP contribution in [0.15, 0.2) is 29.6 Å². The first-order chi connectivity index (χ1) is 13.3. The van der Waals surface area contributed by atoms with Crippen LogP contribution in [0.4, 0.5) is 19.1 Å². The van der Waals surface area contributed by atoms with E-state index in [9.17, 15) is 23.1 Å². The Bertz CT molecular complexity index is 1030. The number of anilines is 1. The molecule has 3 rings (SSSR count). The van der Waals surface area contributed by atoms with Crippen molar-refractivity contribution in [3.63, 3.8) is 0 Å². The summed E-state index contributed by atoms with van der Waals surface area (Å²) in [4.78, 5) is 21.2. The smallest absolute Gasteiger partial charge is 0.384 e. The summed E-state index contributed by atoms with van der Waals surface area (Å²) < 4.78 is 40.7. The minimum atomic E-state index is -4.59. The topological polar surface area (TPSA) is 80.0 Å². The van der Waals surface area contributed by atoms with Crippen molar-refractivity contribution < 1.29 is 23.1 Å². The van der Waals surface area contributed by atoms with Gasteiger partial charge in [-0.15, -0.1) is 11.3 Å². The Morgan fingerprint density at radius 3 is 2.41 bits per heavy atom. The maximum absolute atomic E-state index is 13.1. The molecule has 2 N–H and O–H groups in total. The molecule has 6 nitrogen and oxygen atoms in total. The van der Waals surface area contributed by atoms with Crippen LogP contribution in [-0.4, -0.2) is 25.5 Å². The third kappa shape index (κ3) is 4.43. The Morgan fingerprint density at radius 1 is 1.17 bits per heavy atom. The van der Waals surface area contributed by atoms with Crippen LogP contribution in [0.5, 0.6) is 0 Å². The lowest BCUT2D eigenvalue weighted by molar-refractivity contribution is -0.141. The number of carbonyl (C=O) groups is 1. The highest BCUT2D eigenvalue weighted by Crippen LogP contribution is 2.33. The first-order valence-electron chi connectivity index (χ1n) is 8.82. The maximum atomic E-state index is 13.1.